The molecule has 0 spiro atoms. The quantitative estimate of drug-likeness (QED) is 0.845. The number of carbonyl (C=O) groups excluding carboxylic acids is 1. The van der Waals surface area contributed by atoms with Gasteiger partial charge in [0, 0.05) is 39.5 Å². The Labute approximate surface area is 147 Å². The minimum atomic E-state index is -0.0430. The van der Waals surface area contributed by atoms with E-state index in [9.17, 15) is 4.79 Å². The van der Waals surface area contributed by atoms with E-state index in [1.54, 1.807) is 17.3 Å². The first-order valence-electron chi connectivity index (χ1n) is 8.34. The van der Waals surface area contributed by atoms with Gasteiger partial charge in [0.2, 0.25) is 0 Å². The van der Waals surface area contributed by atoms with Crippen LogP contribution in [0.5, 0.6) is 5.75 Å². The average Bonchev–Trinajstić information content (AvgIpc) is 3.03. The lowest BCUT2D eigenvalue weighted by molar-refractivity contribution is 0.0770. The molecule has 1 amide bonds. The number of ether oxygens (including phenoxy) is 1. The number of likely N-dealkylation sites (tertiary alicyclic amines) is 1. The Morgan fingerprint density at radius 2 is 2.12 bits per heavy atom. The lowest BCUT2D eigenvalue weighted by atomic mass is 10.2. The molecule has 1 aliphatic rings. The monoisotopic (exact) mass is 341 g/mol. The van der Waals surface area contributed by atoms with Crippen molar-refractivity contribution in [2.45, 2.75) is 26.4 Å². The third-order valence-corrected chi connectivity index (χ3v) is 4.23. The van der Waals surface area contributed by atoms with Crippen LogP contribution in [0.15, 0.2) is 24.5 Å². The van der Waals surface area contributed by atoms with Crippen LogP contribution in [0.2, 0.25) is 0 Å². The highest BCUT2D eigenvalue weighted by atomic mass is 16.5. The van der Waals surface area contributed by atoms with Crippen molar-refractivity contribution in [1.82, 2.24) is 19.9 Å². The molecular weight excluding hydrogens is 318 g/mol. The Bertz CT molecular complexity index is 778. The molecule has 1 aliphatic heterocycles. The van der Waals surface area contributed by atoms with Crippen LogP contribution in [0.1, 0.15) is 28.3 Å². The first-order chi connectivity index (χ1) is 12.0. The predicted molar refractivity (Wildman–Crippen MR) is 95.0 cm³/mol. The van der Waals surface area contributed by atoms with Crippen LogP contribution in [0.3, 0.4) is 0 Å². The van der Waals surface area contributed by atoms with Crippen LogP contribution >= 0.6 is 0 Å². The van der Waals surface area contributed by atoms with Crippen LogP contribution in [0.25, 0.3) is 0 Å². The van der Waals surface area contributed by atoms with Gasteiger partial charge in [0.15, 0.2) is 11.6 Å². The molecule has 2 aromatic rings. The molecule has 0 radical (unpaired) electrons. The molecule has 0 unspecified atom stereocenters. The summed E-state index contributed by atoms with van der Waals surface area (Å²) in [6.07, 6.45) is 4.10. The number of hydrogen-bond acceptors (Lipinski definition) is 6. The standard InChI is InChI=1S/C18H23N5O2/c1-12-15(10-20-13(2)21-12)18(24)23-9-7-14(11-23)25-16-6-5-8-19-17(16)22(3)4/h5-6,8,10,14H,7,9,11H2,1-4H3/t14-/m1/s1. The molecule has 1 atom stereocenters. The third kappa shape index (κ3) is 3.70. The molecule has 7 nitrogen and oxygen atoms in total. The van der Waals surface area contributed by atoms with Crippen LogP contribution in [-0.4, -0.2) is 59.0 Å². The zero-order chi connectivity index (χ0) is 18.0. The molecule has 1 saturated heterocycles. The Morgan fingerprint density at radius 1 is 1.32 bits per heavy atom. The molecule has 0 aromatic carbocycles. The predicted octanol–water partition coefficient (Wildman–Crippen LogP) is 1.85. The van der Waals surface area contributed by atoms with E-state index in [-0.39, 0.29) is 12.0 Å². The molecule has 132 valence electrons. The number of hydrogen-bond donors (Lipinski definition) is 0. The molecule has 0 saturated carbocycles. The van der Waals surface area contributed by atoms with Crippen molar-refractivity contribution in [2.24, 2.45) is 0 Å². The third-order valence-electron chi connectivity index (χ3n) is 4.23. The SMILES string of the molecule is Cc1ncc(C(=O)N2CC[C@@H](Oc3cccnc3N(C)C)C2)c(C)n1. The van der Waals surface area contributed by atoms with Crippen molar-refractivity contribution in [1.29, 1.82) is 0 Å². The highest BCUT2D eigenvalue weighted by Crippen LogP contribution is 2.27. The number of carbonyl (C=O) groups is 1. The lowest BCUT2D eigenvalue weighted by Crippen LogP contribution is -2.32. The first-order valence-corrected chi connectivity index (χ1v) is 8.34. The van der Waals surface area contributed by atoms with Crippen LogP contribution in [-0.2, 0) is 0 Å². The fourth-order valence-corrected chi connectivity index (χ4v) is 2.96. The van der Waals surface area contributed by atoms with Crippen LogP contribution < -0.4 is 9.64 Å². The Kier molecular flexibility index (Phi) is 4.83. The van der Waals surface area contributed by atoms with Crippen LogP contribution in [0.4, 0.5) is 5.82 Å². The van der Waals surface area contributed by atoms with E-state index in [0.29, 0.717) is 30.2 Å². The van der Waals surface area contributed by atoms with Gasteiger partial charge in [-0.05, 0) is 26.0 Å². The van der Waals surface area contributed by atoms with Gasteiger partial charge in [-0.15, -0.1) is 0 Å². The molecule has 1 fully saturated rings. The number of pyridine rings is 1. The number of rotatable bonds is 4. The van der Waals surface area contributed by atoms with E-state index in [1.807, 2.05) is 45.0 Å². The topological polar surface area (TPSA) is 71.5 Å². The zero-order valence-corrected chi connectivity index (χ0v) is 15.1. The summed E-state index contributed by atoms with van der Waals surface area (Å²) in [5.74, 6) is 2.16. The van der Waals surface area contributed by atoms with Crippen molar-refractivity contribution >= 4 is 11.7 Å². The van der Waals surface area contributed by atoms with E-state index >= 15 is 0 Å². The molecule has 3 rings (SSSR count). The van der Waals surface area contributed by atoms with E-state index in [4.69, 9.17) is 4.74 Å². The number of anilines is 1. The smallest absolute Gasteiger partial charge is 0.257 e. The molecule has 7 heteroatoms. The van der Waals surface area contributed by atoms with E-state index in [2.05, 4.69) is 15.0 Å². The average molecular weight is 341 g/mol. The van der Waals surface area contributed by atoms with Gasteiger partial charge in [-0.1, -0.05) is 0 Å². The minimum Gasteiger partial charge on any atom is -0.485 e. The van der Waals surface area contributed by atoms with E-state index < -0.39 is 0 Å². The number of nitrogens with zero attached hydrogens (tertiary/aromatic N) is 5. The second-order valence-corrected chi connectivity index (χ2v) is 6.42. The summed E-state index contributed by atoms with van der Waals surface area (Å²) < 4.78 is 6.10. The summed E-state index contributed by atoms with van der Waals surface area (Å²) >= 11 is 0. The number of aryl methyl sites for hydroxylation is 2. The van der Waals surface area contributed by atoms with Gasteiger partial charge in [0.25, 0.3) is 5.91 Å². The number of aromatic nitrogens is 3. The largest absolute Gasteiger partial charge is 0.485 e. The Morgan fingerprint density at radius 3 is 2.84 bits per heavy atom. The Balaban J connectivity index is 1.69. The van der Waals surface area contributed by atoms with E-state index in [1.165, 1.54) is 0 Å². The molecule has 0 N–H and O–H groups in total. The maximum Gasteiger partial charge on any atom is 0.257 e. The molecule has 2 aromatic heterocycles. The van der Waals surface area contributed by atoms with Gasteiger partial charge >= 0.3 is 0 Å². The van der Waals surface area contributed by atoms with Gasteiger partial charge in [-0.3, -0.25) is 4.79 Å². The fraction of sp³-hybridized carbons (Fsp3) is 0.444. The van der Waals surface area contributed by atoms with Crippen molar-refractivity contribution in [3.05, 3.63) is 41.6 Å². The van der Waals surface area contributed by atoms with Crippen LogP contribution in [0, 0.1) is 13.8 Å². The fourth-order valence-electron chi connectivity index (χ4n) is 2.96. The number of amides is 1. The van der Waals surface area contributed by atoms with Gasteiger partial charge in [0.1, 0.15) is 11.9 Å². The molecule has 0 aliphatic carbocycles. The van der Waals surface area contributed by atoms with Gasteiger partial charge in [-0.25, -0.2) is 15.0 Å². The second kappa shape index (κ2) is 7.04. The van der Waals surface area contributed by atoms with Crippen molar-refractivity contribution in [3.63, 3.8) is 0 Å². The summed E-state index contributed by atoms with van der Waals surface area (Å²) in [5, 5.41) is 0. The van der Waals surface area contributed by atoms with Crippen molar-refractivity contribution < 1.29 is 9.53 Å². The molecular formula is C18H23N5O2. The summed E-state index contributed by atoms with van der Waals surface area (Å²) in [6, 6.07) is 3.76. The minimum absolute atomic E-state index is 0.0392. The van der Waals surface area contributed by atoms with Crippen molar-refractivity contribution in [3.8, 4) is 5.75 Å². The maximum atomic E-state index is 12.7. The van der Waals surface area contributed by atoms with E-state index in [0.717, 1.165) is 18.0 Å². The maximum absolute atomic E-state index is 12.7. The summed E-state index contributed by atoms with van der Waals surface area (Å²) in [6.45, 7) is 4.87. The summed E-state index contributed by atoms with van der Waals surface area (Å²) in [5.41, 5.74) is 1.27. The molecule has 0 bridgehead atoms. The second-order valence-electron chi connectivity index (χ2n) is 6.42. The Hall–Kier alpha value is -2.70. The summed E-state index contributed by atoms with van der Waals surface area (Å²) in [7, 11) is 3.86. The summed E-state index contributed by atoms with van der Waals surface area (Å²) in [4.78, 5) is 29.2. The highest BCUT2D eigenvalue weighted by Gasteiger charge is 2.30. The zero-order valence-electron chi connectivity index (χ0n) is 15.1. The molecule has 25 heavy (non-hydrogen) atoms. The normalized spacial score (nSPS) is 16.8. The molecule has 3 heterocycles. The lowest BCUT2D eigenvalue weighted by Gasteiger charge is -2.20. The first kappa shape index (κ1) is 17.1. The van der Waals surface area contributed by atoms with Crippen molar-refractivity contribution in [2.75, 3.05) is 32.1 Å². The highest BCUT2D eigenvalue weighted by molar-refractivity contribution is 5.95. The van der Waals surface area contributed by atoms with Gasteiger partial charge in [-0.2, -0.15) is 0 Å². The van der Waals surface area contributed by atoms with Gasteiger partial charge < -0.3 is 14.5 Å². The van der Waals surface area contributed by atoms with Gasteiger partial charge in [0.05, 0.1) is 17.8 Å².